The van der Waals surface area contributed by atoms with Crippen molar-refractivity contribution >= 4 is 6.09 Å². The Morgan fingerprint density at radius 1 is 1.25 bits per heavy atom. The van der Waals surface area contributed by atoms with Gasteiger partial charge in [0.2, 0.25) is 0 Å². The van der Waals surface area contributed by atoms with E-state index in [9.17, 15) is 4.79 Å². The molecule has 0 atom stereocenters. The van der Waals surface area contributed by atoms with Gasteiger partial charge in [-0.05, 0) is 13.3 Å². The van der Waals surface area contributed by atoms with E-state index >= 15 is 0 Å². The van der Waals surface area contributed by atoms with Crippen LogP contribution in [-0.4, -0.2) is 19.2 Å². The molecular formula is C9H18NO2. The van der Waals surface area contributed by atoms with E-state index in [1.165, 1.54) is 12.8 Å². The second kappa shape index (κ2) is 8.37. The Balaban J connectivity index is 3.03. The monoisotopic (exact) mass is 172 g/mol. The molecule has 0 bridgehead atoms. The van der Waals surface area contributed by atoms with E-state index in [1.807, 2.05) is 0 Å². The number of unbranched alkanes of at least 4 members (excludes halogenated alkanes) is 3. The molecule has 0 saturated carbocycles. The third-order valence-electron chi connectivity index (χ3n) is 1.52. The number of rotatable bonds is 6. The number of hydrogen-bond donors (Lipinski definition) is 0. The first kappa shape index (κ1) is 11.3. The van der Waals surface area contributed by atoms with Gasteiger partial charge < -0.3 is 4.74 Å². The summed E-state index contributed by atoms with van der Waals surface area (Å²) in [4.78, 5) is 10.7. The third kappa shape index (κ3) is 7.38. The second-order valence-electron chi connectivity index (χ2n) is 2.64. The molecule has 0 aliphatic heterocycles. The van der Waals surface area contributed by atoms with Gasteiger partial charge in [0.1, 0.15) is 0 Å². The summed E-state index contributed by atoms with van der Waals surface area (Å²) in [6.45, 7) is 4.96. The fraction of sp³-hybridized carbons (Fsp3) is 0.889. The van der Waals surface area contributed by atoms with Crippen LogP contribution in [0.4, 0.5) is 4.79 Å². The topological polar surface area (TPSA) is 40.4 Å². The van der Waals surface area contributed by atoms with Crippen molar-refractivity contribution in [3.05, 3.63) is 0 Å². The van der Waals surface area contributed by atoms with Crippen LogP contribution in [0, 0.1) is 0 Å². The van der Waals surface area contributed by atoms with Crippen LogP contribution >= 0.6 is 0 Å². The van der Waals surface area contributed by atoms with Crippen molar-refractivity contribution in [1.29, 1.82) is 0 Å². The van der Waals surface area contributed by atoms with Crippen LogP contribution in [0.15, 0.2) is 0 Å². The van der Waals surface area contributed by atoms with Gasteiger partial charge in [-0.15, -0.1) is 0 Å². The number of carbonyl (C=O) groups excluding carboxylic acids is 1. The quantitative estimate of drug-likeness (QED) is 0.577. The Bertz CT molecular complexity index is 115. The average molecular weight is 172 g/mol. The van der Waals surface area contributed by atoms with Crippen molar-refractivity contribution in [1.82, 2.24) is 5.32 Å². The van der Waals surface area contributed by atoms with E-state index < -0.39 is 6.09 Å². The van der Waals surface area contributed by atoms with Crippen molar-refractivity contribution in [2.24, 2.45) is 0 Å². The smallest absolute Gasteiger partial charge is 0.428 e. The summed E-state index contributed by atoms with van der Waals surface area (Å²) < 4.78 is 4.64. The predicted octanol–water partition coefficient (Wildman–Crippen LogP) is 2.33. The largest absolute Gasteiger partial charge is 0.448 e. The van der Waals surface area contributed by atoms with Crippen LogP contribution in [0.5, 0.6) is 0 Å². The lowest BCUT2D eigenvalue weighted by molar-refractivity contribution is 0.151. The van der Waals surface area contributed by atoms with Crippen LogP contribution < -0.4 is 5.32 Å². The van der Waals surface area contributed by atoms with Gasteiger partial charge in [0.05, 0.1) is 6.61 Å². The normalized spacial score (nSPS) is 9.50. The Kier molecular flexibility index (Phi) is 7.86. The van der Waals surface area contributed by atoms with Crippen molar-refractivity contribution < 1.29 is 9.53 Å². The van der Waals surface area contributed by atoms with Crippen molar-refractivity contribution in [2.45, 2.75) is 39.5 Å². The predicted molar refractivity (Wildman–Crippen MR) is 48.2 cm³/mol. The second-order valence-corrected chi connectivity index (χ2v) is 2.64. The summed E-state index contributed by atoms with van der Waals surface area (Å²) >= 11 is 0. The highest BCUT2D eigenvalue weighted by molar-refractivity contribution is 5.66. The molecule has 0 aromatic carbocycles. The maximum Gasteiger partial charge on any atom is 0.428 e. The first-order valence-corrected chi connectivity index (χ1v) is 4.65. The van der Waals surface area contributed by atoms with Gasteiger partial charge in [0, 0.05) is 6.54 Å². The molecule has 0 rings (SSSR count). The first-order chi connectivity index (χ1) is 5.81. The number of carbonyl (C=O) groups is 1. The molecule has 0 N–H and O–H groups in total. The molecule has 0 aliphatic rings. The molecule has 71 valence electrons. The molecule has 0 heterocycles. The minimum atomic E-state index is -0.422. The highest BCUT2D eigenvalue weighted by Gasteiger charge is 1.99. The number of amides is 1. The van der Waals surface area contributed by atoms with Gasteiger partial charge in [-0.1, -0.05) is 26.2 Å². The number of nitrogens with zero attached hydrogens (tertiary/aromatic N) is 1. The molecule has 0 aliphatic carbocycles. The maximum atomic E-state index is 10.7. The lowest BCUT2D eigenvalue weighted by Gasteiger charge is -2.01. The van der Waals surface area contributed by atoms with E-state index in [2.05, 4.69) is 17.0 Å². The van der Waals surface area contributed by atoms with Gasteiger partial charge in [-0.25, -0.2) is 10.1 Å². The van der Waals surface area contributed by atoms with Crippen molar-refractivity contribution in [3.63, 3.8) is 0 Å². The molecule has 0 spiro atoms. The zero-order valence-electron chi connectivity index (χ0n) is 8.01. The van der Waals surface area contributed by atoms with E-state index in [1.54, 1.807) is 6.92 Å². The van der Waals surface area contributed by atoms with Gasteiger partial charge >= 0.3 is 6.09 Å². The minimum absolute atomic E-state index is 0.414. The first-order valence-electron chi connectivity index (χ1n) is 4.65. The van der Waals surface area contributed by atoms with Gasteiger partial charge in [-0.2, -0.15) is 0 Å². The summed E-state index contributed by atoms with van der Waals surface area (Å²) in [5.74, 6) is 0. The van der Waals surface area contributed by atoms with Crippen molar-refractivity contribution in [3.8, 4) is 0 Å². The number of hydrogen-bond acceptors (Lipinski definition) is 2. The van der Waals surface area contributed by atoms with E-state index in [0.717, 1.165) is 12.8 Å². The summed E-state index contributed by atoms with van der Waals surface area (Å²) in [7, 11) is 0. The molecule has 12 heavy (non-hydrogen) atoms. The average Bonchev–Trinajstić information content (AvgIpc) is 2.05. The molecule has 1 amide bonds. The lowest BCUT2D eigenvalue weighted by atomic mass is 10.2. The molecule has 0 aromatic heterocycles. The van der Waals surface area contributed by atoms with Crippen LogP contribution in [0.25, 0.3) is 0 Å². The lowest BCUT2D eigenvalue weighted by Crippen LogP contribution is -2.17. The highest BCUT2D eigenvalue weighted by Crippen LogP contribution is 1.97. The SMILES string of the molecule is CCCCCC[N]C(=O)OCC. The minimum Gasteiger partial charge on any atom is -0.448 e. The van der Waals surface area contributed by atoms with E-state index in [4.69, 9.17) is 0 Å². The zero-order chi connectivity index (χ0) is 9.23. The molecular weight excluding hydrogens is 154 g/mol. The molecule has 1 radical (unpaired) electrons. The standard InChI is InChI=1S/C9H18NO2/c1-3-5-6-7-8-10-9(11)12-4-2/h3-8H2,1-2H3. The van der Waals surface area contributed by atoms with E-state index in [0.29, 0.717) is 13.2 Å². The molecule has 0 unspecified atom stereocenters. The Hall–Kier alpha value is -0.730. The number of ether oxygens (including phenoxy) is 1. The molecule has 0 saturated heterocycles. The zero-order valence-corrected chi connectivity index (χ0v) is 8.01. The molecule has 0 fully saturated rings. The molecule has 0 aromatic rings. The Morgan fingerprint density at radius 3 is 2.58 bits per heavy atom. The van der Waals surface area contributed by atoms with E-state index in [-0.39, 0.29) is 0 Å². The van der Waals surface area contributed by atoms with Gasteiger partial charge in [-0.3, -0.25) is 0 Å². The van der Waals surface area contributed by atoms with Crippen LogP contribution in [0.3, 0.4) is 0 Å². The summed E-state index contributed by atoms with van der Waals surface area (Å²) in [5, 5.41) is 3.72. The van der Waals surface area contributed by atoms with Crippen molar-refractivity contribution in [2.75, 3.05) is 13.2 Å². The van der Waals surface area contributed by atoms with Crippen LogP contribution in [0.1, 0.15) is 39.5 Å². The molecule has 3 nitrogen and oxygen atoms in total. The third-order valence-corrected chi connectivity index (χ3v) is 1.52. The Labute approximate surface area is 74.5 Å². The molecule has 3 heteroatoms. The summed E-state index contributed by atoms with van der Waals surface area (Å²) in [5.41, 5.74) is 0. The summed E-state index contributed by atoms with van der Waals surface area (Å²) in [6, 6.07) is 0. The van der Waals surface area contributed by atoms with Crippen LogP contribution in [-0.2, 0) is 4.74 Å². The van der Waals surface area contributed by atoms with Gasteiger partial charge in [0.25, 0.3) is 0 Å². The Morgan fingerprint density at radius 2 is 2.00 bits per heavy atom. The van der Waals surface area contributed by atoms with Gasteiger partial charge in [0.15, 0.2) is 0 Å². The van der Waals surface area contributed by atoms with Crippen LogP contribution in [0.2, 0.25) is 0 Å². The highest BCUT2D eigenvalue weighted by atomic mass is 16.5. The summed E-state index contributed by atoms with van der Waals surface area (Å²) in [6.07, 6.45) is 4.15. The fourth-order valence-corrected chi connectivity index (χ4v) is 0.878. The fourth-order valence-electron chi connectivity index (χ4n) is 0.878. The maximum absolute atomic E-state index is 10.7.